The van der Waals surface area contributed by atoms with Crippen molar-refractivity contribution in [3.8, 4) is 0 Å². The predicted octanol–water partition coefficient (Wildman–Crippen LogP) is 3.50. The van der Waals surface area contributed by atoms with Crippen LogP contribution in [0.4, 0.5) is 5.69 Å². The van der Waals surface area contributed by atoms with Crippen molar-refractivity contribution in [1.82, 2.24) is 9.21 Å². The Labute approximate surface area is 190 Å². The molecule has 1 aliphatic rings. The number of likely N-dealkylation sites (N-methyl/N-ethyl adjacent to an activating group) is 1. The normalized spacial score (nSPS) is 14.8. The topological polar surface area (TPSA) is 86.8 Å². The Morgan fingerprint density at radius 3 is 2.22 bits per heavy atom. The van der Waals surface area contributed by atoms with Gasteiger partial charge < -0.3 is 10.2 Å². The molecular formula is C24H31N3O4S. The van der Waals surface area contributed by atoms with Gasteiger partial charge in [-0.3, -0.25) is 9.59 Å². The van der Waals surface area contributed by atoms with E-state index < -0.39 is 15.9 Å². The Morgan fingerprint density at radius 2 is 1.59 bits per heavy atom. The molecule has 0 bridgehead atoms. The average molecular weight is 458 g/mol. The molecule has 172 valence electrons. The summed E-state index contributed by atoms with van der Waals surface area (Å²) in [5, 5.41) is 2.87. The van der Waals surface area contributed by atoms with E-state index in [0.717, 1.165) is 36.1 Å². The molecule has 7 nitrogen and oxygen atoms in total. The van der Waals surface area contributed by atoms with Gasteiger partial charge in [0.15, 0.2) is 0 Å². The van der Waals surface area contributed by atoms with Crippen molar-refractivity contribution in [3.63, 3.8) is 0 Å². The van der Waals surface area contributed by atoms with E-state index in [-0.39, 0.29) is 22.9 Å². The lowest BCUT2D eigenvalue weighted by Crippen LogP contribution is -2.37. The van der Waals surface area contributed by atoms with Gasteiger partial charge in [-0.1, -0.05) is 30.7 Å². The van der Waals surface area contributed by atoms with Crippen molar-refractivity contribution in [2.45, 2.75) is 44.9 Å². The second-order valence-corrected chi connectivity index (χ2v) is 10.4. The van der Waals surface area contributed by atoms with Crippen LogP contribution in [0.15, 0.2) is 41.3 Å². The number of hydrogen-bond donors (Lipinski definition) is 1. The molecule has 1 fully saturated rings. The molecule has 0 saturated carbocycles. The first-order valence-corrected chi connectivity index (χ1v) is 12.3. The van der Waals surface area contributed by atoms with Crippen LogP contribution in [0.5, 0.6) is 0 Å². The average Bonchev–Trinajstić information content (AvgIpc) is 2.76. The molecule has 1 N–H and O–H groups in total. The van der Waals surface area contributed by atoms with E-state index in [1.54, 1.807) is 19.1 Å². The fourth-order valence-electron chi connectivity index (χ4n) is 3.93. The van der Waals surface area contributed by atoms with E-state index >= 15 is 0 Å². The van der Waals surface area contributed by atoms with Crippen molar-refractivity contribution < 1.29 is 18.0 Å². The lowest BCUT2D eigenvalue weighted by Gasteiger charge is -2.26. The van der Waals surface area contributed by atoms with Gasteiger partial charge in [0.25, 0.3) is 5.91 Å². The molecule has 1 aliphatic heterocycles. The number of rotatable bonds is 6. The van der Waals surface area contributed by atoms with Gasteiger partial charge in [-0.15, -0.1) is 0 Å². The van der Waals surface area contributed by atoms with E-state index in [1.165, 1.54) is 22.3 Å². The molecule has 32 heavy (non-hydrogen) atoms. The van der Waals surface area contributed by atoms with Crippen LogP contribution in [-0.4, -0.2) is 56.1 Å². The number of hydrogen-bond acceptors (Lipinski definition) is 4. The maximum atomic E-state index is 13.1. The Kier molecular flexibility index (Phi) is 7.36. The first-order valence-electron chi connectivity index (χ1n) is 10.8. The van der Waals surface area contributed by atoms with Gasteiger partial charge in [0.1, 0.15) is 0 Å². The third-order valence-corrected chi connectivity index (χ3v) is 7.76. The molecule has 2 amide bonds. The lowest BCUT2D eigenvalue weighted by molar-refractivity contribution is -0.116. The summed E-state index contributed by atoms with van der Waals surface area (Å²) in [6.07, 6.45) is 2.71. The minimum atomic E-state index is -3.65. The molecule has 2 aromatic rings. The summed E-state index contributed by atoms with van der Waals surface area (Å²) >= 11 is 0. The van der Waals surface area contributed by atoms with Crippen LogP contribution in [0.1, 0.15) is 46.3 Å². The molecule has 0 aromatic heterocycles. The fraction of sp³-hybridized carbons (Fsp3) is 0.417. The summed E-state index contributed by atoms with van der Waals surface area (Å²) < 4.78 is 27.5. The maximum Gasteiger partial charge on any atom is 0.254 e. The smallest absolute Gasteiger partial charge is 0.254 e. The molecule has 3 rings (SSSR count). The molecule has 0 radical (unpaired) electrons. The van der Waals surface area contributed by atoms with E-state index in [0.29, 0.717) is 18.7 Å². The van der Waals surface area contributed by atoms with Gasteiger partial charge in [0.2, 0.25) is 15.9 Å². The highest BCUT2D eigenvalue weighted by atomic mass is 32.2. The second-order valence-electron chi connectivity index (χ2n) is 8.42. The molecule has 0 aliphatic carbocycles. The highest BCUT2D eigenvalue weighted by Gasteiger charge is 2.27. The van der Waals surface area contributed by atoms with Crippen LogP contribution >= 0.6 is 0 Å². The highest BCUT2D eigenvalue weighted by Crippen LogP contribution is 2.24. The summed E-state index contributed by atoms with van der Waals surface area (Å²) in [6, 6.07) is 10.4. The number of para-hydroxylation sites is 1. The summed E-state index contributed by atoms with van der Waals surface area (Å²) in [5.41, 5.74) is 3.57. The Hall–Kier alpha value is -2.71. The van der Waals surface area contributed by atoms with Crippen molar-refractivity contribution >= 4 is 27.5 Å². The summed E-state index contributed by atoms with van der Waals surface area (Å²) in [6.45, 7) is 6.43. The maximum absolute atomic E-state index is 13.1. The number of carbonyl (C=O) groups excluding carboxylic acids is 2. The van der Waals surface area contributed by atoms with Gasteiger partial charge in [0.05, 0.1) is 11.4 Å². The first-order chi connectivity index (χ1) is 15.1. The number of amides is 2. The largest absolute Gasteiger partial charge is 0.332 e. The first kappa shape index (κ1) is 23.9. The predicted molar refractivity (Wildman–Crippen MR) is 125 cm³/mol. The SMILES string of the molecule is Cc1ccc(S(=O)(=O)N2CCCCC2)cc1C(=O)N(C)CC(=O)Nc1c(C)cccc1C. The third kappa shape index (κ3) is 5.19. The molecule has 1 heterocycles. The summed E-state index contributed by atoms with van der Waals surface area (Å²) in [7, 11) is -2.11. The summed E-state index contributed by atoms with van der Waals surface area (Å²) in [5.74, 6) is -0.706. The Bertz CT molecular complexity index is 1100. The van der Waals surface area contributed by atoms with Crippen molar-refractivity contribution in [2.24, 2.45) is 0 Å². The molecule has 0 unspecified atom stereocenters. The molecule has 8 heteroatoms. The second kappa shape index (κ2) is 9.83. The van der Waals surface area contributed by atoms with Gasteiger partial charge in [0, 0.05) is 31.4 Å². The number of anilines is 1. The molecular weight excluding hydrogens is 426 g/mol. The van der Waals surface area contributed by atoms with Gasteiger partial charge in [-0.2, -0.15) is 4.31 Å². The molecule has 0 spiro atoms. The number of piperidine rings is 1. The molecule has 0 atom stereocenters. The van der Waals surface area contributed by atoms with Gasteiger partial charge >= 0.3 is 0 Å². The zero-order valence-electron chi connectivity index (χ0n) is 19.1. The third-order valence-electron chi connectivity index (χ3n) is 5.87. The number of aryl methyl sites for hydroxylation is 3. The lowest BCUT2D eigenvalue weighted by atomic mass is 10.1. The number of nitrogens with one attached hydrogen (secondary N) is 1. The minimum Gasteiger partial charge on any atom is -0.332 e. The fourth-order valence-corrected chi connectivity index (χ4v) is 5.47. The zero-order chi connectivity index (χ0) is 23.5. The van der Waals surface area contributed by atoms with Crippen LogP contribution in [-0.2, 0) is 14.8 Å². The van der Waals surface area contributed by atoms with Gasteiger partial charge in [-0.05, 0) is 62.4 Å². The van der Waals surface area contributed by atoms with E-state index in [1.807, 2.05) is 32.0 Å². The van der Waals surface area contributed by atoms with Crippen molar-refractivity contribution in [3.05, 3.63) is 58.7 Å². The van der Waals surface area contributed by atoms with E-state index in [2.05, 4.69) is 5.32 Å². The number of carbonyl (C=O) groups is 2. The van der Waals surface area contributed by atoms with Crippen LogP contribution < -0.4 is 5.32 Å². The number of nitrogens with zero attached hydrogens (tertiary/aromatic N) is 2. The zero-order valence-corrected chi connectivity index (χ0v) is 20.0. The minimum absolute atomic E-state index is 0.113. The Balaban J connectivity index is 1.76. The van der Waals surface area contributed by atoms with Crippen LogP contribution in [0, 0.1) is 20.8 Å². The monoisotopic (exact) mass is 457 g/mol. The van der Waals surface area contributed by atoms with E-state index in [9.17, 15) is 18.0 Å². The number of benzene rings is 2. The van der Waals surface area contributed by atoms with E-state index in [4.69, 9.17) is 0 Å². The van der Waals surface area contributed by atoms with Crippen LogP contribution in [0.25, 0.3) is 0 Å². The number of sulfonamides is 1. The summed E-state index contributed by atoms with van der Waals surface area (Å²) in [4.78, 5) is 27.1. The van der Waals surface area contributed by atoms with Gasteiger partial charge in [-0.25, -0.2) is 8.42 Å². The van der Waals surface area contributed by atoms with Crippen LogP contribution in [0.2, 0.25) is 0 Å². The van der Waals surface area contributed by atoms with Crippen molar-refractivity contribution in [1.29, 1.82) is 0 Å². The quantitative estimate of drug-likeness (QED) is 0.719. The molecule has 2 aromatic carbocycles. The molecule has 1 saturated heterocycles. The highest BCUT2D eigenvalue weighted by molar-refractivity contribution is 7.89. The standard InChI is InChI=1S/C24H31N3O4S/c1-17-11-12-20(32(30,31)27-13-6-5-7-14-27)15-21(17)24(29)26(4)16-22(28)25-23-18(2)9-8-10-19(23)3/h8-12,15H,5-7,13-14,16H2,1-4H3,(H,25,28). The Morgan fingerprint density at radius 1 is 0.969 bits per heavy atom. The van der Waals surface area contributed by atoms with Crippen LogP contribution in [0.3, 0.4) is 0 Å². The van der Waals surface area contributed by atoms with Crippen molar-refractivity contribution in [2.75, 3.05) is 32.0 Å².